The molecule has 2 N–H and O–H groups in total. The first-order valence-corrected chi connectivity index (χ1v) is 7.75. The summed E-state index contributed by atoms with van der Waals surface area (Å²) >= 11 is 0. The van der Waals surface area contributed by atoms with Crippen molar-refractivity contribution in [3.05, 3.63) is 59.2 Å². The van der Waals surface area contributed by atoms with Crippen molar-refractivity contribution in [2.75, 3.05) is 13.2 Å². The highest BCUT2D eigenvalue weighted by Crippen LogP contribution is 2.22. The Hall–Kier alpha value is -3.68. The molecule has 0 amide bonds. The quantitative estimate of drug-likeness (QED) is 0.431. The van der Waals surface area contributed by atoms with Crippen molar-refractivity contribution in [1.82, 2.24) is 0 Å². The molecular weight excluding hydrogens is 356 g/mol. The van der Waals surface area contributed by atoms with E-state index in [1.54, 1.807) is 0 Å². The number of aromatic carboxylic acids is 2. The largest absolute Gasteiger partial charge is 0.478 e. The maximum absolute atomic E-state index is 12.1. The summed E-state index contributed by atoms with van der Waals surface area (Å²) in [6.07, 6.45) is 0. The van der Waals surface area contributed by atoms with Crippen LogP contribution < -0.4 is 0 Å². The van der Waals surface area contributed by atoms with Crippen LogP contribution in [0.25, 0.3) is 10.8 Å². The second kappa shape index (κ2) is 8.13. The summed E-state index contributed by atoms with van der Waals surface area (Å²) in [5.41, 5.74) is -0.351. The molecule has 0 atom stereocenters. The Morgan fingerprint density at radius 1 is 0.889 bits per heavy atom. The van der Waals surface area contributed by atoms with Gasteiger partial charge >= 0.3 is 23.9 Å². The van der Waals surface area contributed by atoms with Gasteiger partial charge < -0.3 is 19.7 Å². The van der Waals surface area contributed by atoms with E-state index in [1.807, 2.05) is 0 Å². The van der Waals surface area contributed by atoms with Crippen molar-refractivity contribution in [1.29, 1.82) is 0 Å². The molecule has 0 fully saturated rings. The zero-order valence-electron chi connectivity index (χ0n) is 14.4. The number of carboxylic acids is 2. The number of carbonyl (C=O) groups excluding carboxylic acids is 2. The Kier molecular flexibility index (Phi) is 5.92. The summed E-state index contributed by atoms with van der Waals surface area (Å²) in [6, 6.07) is 6.73. The highest BCUT2D eigenvalue weighted by Gasteiger charge is 2.18. The monoisotopic (exact) mass is 372 g/mol. The van der Waals surface area contributed by atoms with Crippen molar-refractivity contribution in [2.24, 2.45) is 0 Å². The van der Waals surface area contributed by atoms with E-state index in [1.165, 1.54) is 37.3 Å². The molecule has 2 rings (SSSR count). The van der Waals surface area contributed by atoms with E-state index >= 15 is 0 Å². The molecule has 0 saturated heterocycles. The molecule has 2 aromatic carbocycles. The molecule has 0 aliphatic rings. The van der Waals surface area contributed by atoms with Gasteiger partial charge in [-0.25, -0.2) is 19.2 Å². The van der Waals surface area contributed by atoms with E-state index in [4.69, 9.17) is 14.6 Å². The van der Waals surface area contributed by atoms with E-state index in [0.29, 0.717) is 10.8 Å². The average molecular weight is 372 g/mol. The fourth-order valence-corrected chi connectivity index (χ4v) is 2.25. The van der Waals surface area contributed by atoms with Crippen LogP contribution in [-0.2, 0) is 14.3 Å². The van der Waals surface area contributed by atoms with E-state index in [0.717, 1.165) is 0 Å². The topological polar surface area (TPSA) is 127 Å². The molecule has 0 aliphatic carbocycles. The van der Waals surface area contributed by atoms with Gasteiger partial charge in [-0.05, 0) is 42.0 Å². The van der Waals surface area contributed by atoms with Crippen LogP contribution in [0.1, 0.15) is 38.0 Å². The number of fused-ring (bicyclic) bond motifs is 1. The zero-order chi connectivity index (χ0) is 20.1. The van der Waals surface area contributed by atoms with Crippen LogP contribution in [-0.4, -0.2) is 47.3 Å². The molecule has 0 saturated carbocycles. The smallest absolute Gasteiger partial charge is 0.338 e. The summed E-state index contributed by atoms with van der Waals surface area (Å²) in [7, 11) is 0. The Bertz CT molecular complexity index is 958. The molecule has 0 unspecified atom stereocenters. The van der Waals surface area contributed by atoms with Crippen LogP contribution in [0.3, 0.4) is 0 Å². The minimum atomic E-state index is -1.39. The third-order valence-corrected chi connectivity index (χ3v) is 3.57. The Labute approximate surface area is 153 Å². The number of carbonyl (C=O) groups is 4. The molecule has 0 radical (unpaired) electrons. The number of benzene rings is 2. The number of ether oxygens (including phenoxy) is 2. The van der Waals surface area contributed by atoms with Crippen LogP contribution in [0.4, 0.5) is 0 Å². The zero-order valence-corrected chi connectivity index (χ0v) is 14.4. The van der Waals surface area contributed by atoms with E-state index in [-0.39, 0.29) is 35.5 Å². The van der Waals surface area contributed by atoms with Crippen molar-refractivity contribution < 1.29 is 38.9 Å². The lowest BCUT2D eigenvalue weighted by atomic mass is 9.99. The first-order chi connectivity index (χ1) is 12.7. The number of rotatable bonds is 7. The second-order valence-electron chi connectivity index (χ2n) is 5.62. The summed E-state index contributed by atoms with van der Waals surface area (Å²) in [6.45, 7) is 4.62. The lowest BCUT2D eigenvalue weighted by Gasteiger charge is -2.08. The van der Waals surface area contributed by atoms with Gasteiger partial charge in [0.2, 0.25) is 0 Å². The normalized spacial score (nSPS) is 10.3. The molecule has 0 bridgehead atoms. The van der Waals surface area contributed by atoms with Gasteiger partial charge in [-0.1, -0.05) is 12.6 Å². The number of esters is 2. The molecule has 140 valence electrons. The third-order valence-electron chi connectivity index (χ3n) is 3.57. The third kappa shape index (κ3) is 4.69. The summed E-state index contributed by atoms with van der Waals surface area (Å²) in [5.74, 6) is -4.03. The van der Waals surface area contributed by atoms with Gasteiger partial charge in [0.15, 0.2) is 0 Å². The van der Waals surface area contributed by atoms with Crippen LogP contribution in [0.15, 0.2) is 42.5 Å². The molecule has 27 heavy (non-hydrogen) atoms. The van der Waals surface area contributed by atoms with Crippen LogP contribution in [0, 0.1) is 0 Å². The maximum Gasteiger partial charge on any atom is 0.338 e. The first kappa shape index (κ1) is 19.6. The first-order valence-electron chi connectivity index (χ1n) is 7.75. The molecule has 8 nitrogen and oxygen atoms in total. The van der Waals surface area contributed by atoms with E-state index < -0.39 is 23.9 Å². The van der Waals surface area contributed by atoms with Crippen molar-refractivity contribution in [2.45, 2.75) is 6.92 Å². The lowest BCUT2D eigenvalue weighted by molar-refractivity contribution is -0.140. The van der Waals surface area contributed by atoms with Gasteiger partial charge in [-0.3, -0.25) is 0 Å². The van der Waals surface area contributed by atoms with Gasteiger partial charge in [0.05, 0.1) is 16.7 Å². The van der Waals surface area contributed by atoms with E-state index in [2.05, 4.69) is 6.58 Å². The van der Waals surface area contributed by atoms with Gasteiger partial charge in [-0.15, -0.1) is 0 Å². The summed E-state index contributed by atoms with van der Waals surface area (Å²) in [5, 5.41) is 19.1. The highest BCUT2D eigenvalue weighted by atomic mass is 16.6. The SMILES string of the molecule is C=C(C)C(=O)OCCOC(=O)c1ccc2cc(C(=O)O)c(C(=O)O)cc2c1. The average Bonchev–Trinajstić information content (AvgIpc) is 2.62. The Balaban J connectivity index is 2.17. The molecule has 0 heterocycles. The van der Waals surface area contributed by atoms with Crippen molar-refractivity contribution in [3.8, 4) is 0 Å². The minimum absolute atomic E-state index is 0.129. The van der Waals surface area contributed by atoms with Crippen LogP contribution in [0.2, 0.25) is 0 Å². The van der Waals surface area contributed by atoms with Crippen molar-refractivity contribution >= 4 is 34.6 Å². The summed E-state index contributed by atoms with van der Waals surface area (Å²) in [4.78, 5) is 45.8. The lowest BCUT2D eigenvalue weighted by Crippen LogP contribution is -2.14. The predicted molar refractivity (Wildman–Crippen MR) is 93.9 cm³/mol. The fourth-order valence-electron chi connectivity index (χ4n) is 2.25. The standard InChI is InChI=1S/C19H16O8/c1-10(2)18(24)26-5-6-27-19(25)12-4-3-11-8-14(16(20)21)15(17(22)23)9-13(11)7-12/h3-4,7-9H,1,5-6H2,2H3,(H,20,21)(H,22,23). The molecule has 2 aromatic rings. The fraction of sp³-hybridized carbons (Fsp3) is 0.158. The number of carboxylic acid groups (broad SMARTS) is 2. The maximum atomic E-state index is 12.1. The molecule has 8 heteroatoms. The van der Waals surface area contributed by atoms with E-state index in [9.17, 15) is 24.3 Å². The number of hydrogen-bond donors (Lipinski definition) is 2. The highest BCUT2D eigenvalue weighted by molar-refractivity contribution is 6.07. The van der Waals surface area contributed by atoms with Crippen molar-refractivity contribution in [3.63, 3.8) is 0 Å². The van der Waals surface area contributed by atoms with Crippen LogP contribution in [0.5, 0.6) is 0 Å². The Morgan fingerprint density at radius 2 is 1.44 bits per heavy atom. The van der Waals surface area contributed by atoms with Gasteiger partial charge in [0.1, 0.15) is 13.2 Å². The molecule has 0 aromatic heterocycles. The molecule has 0 aliphatic heterocycles. The van der Waals surface area contributed by atoms with Gasteiger partial charge in [0.25, 0.3) is 0 Å². The predicted octanol–water partition coefficient (Wildman–Crippen LogP) is 2.51. The van der Waals surface area contributed by atoms with Gasteiger partial charge in [-0.2, -0.15) is 0 Å². The van der Waals surface area contributed by atoms with Crippen LogP contribution >= 0.6 is 0 Å². The molecule has 0 spiro atoms. The second-order valence-corrected chi connectivity index (χ2v) is 5.62. The Morgan fingerprint density at radius 3 is 2.00 bits per heavy atom. The minimum Gasteiger partial charge on any atom is -0.478 e. The summed E-state index contributed by atoms with van der Waals surface area (Å²) < 4.78 is 9.79. The molecular formula is C19H16O8. The van der Waals surface area contributed by atoms with Gasteiger partial charge in [0, 0.05) is 5.57 Å². The number of hydrogen-bond acceptors (Lipinski definition) is 6.